The normalized spacial score (nSPS) is 15.1. The van der Waals surface area contributed by atoms with Crippen molar-refractivity contribution in [2.24, 2.45) is 0 Å². The van der Waals surface area contributed by atoms with Crippen molar-refractivity contribution in [2.45, 2.75) is 39.2 Å². The molecule has 0 aromatic carbocycles. The lowest BCUT2D eigenvalue weighted by Gasteiger charge is -2.39. The number of hydrogen-bond donors (Lipinski definition) is 2. The fraction of sp³-hybridized carbons (Fsp3) is 0.500. The van der Waals surface area contributed by atoms with Gasteiger partial charge in [-0.3, -0.25) is 4.79 Å². The zero-order valence-corrected chi connectivity index (χ0v) is 15.7. The SMILES string of the molecule is CCCNc1cccnc1N(CC)C1CCN(C(=O)c2ccc[nH]2)CC1. The van der Waals surface area contributed by atoms with Crippen LogP contribution in [0.5, 0.6) is 0 Å². The number of H-pyrrole nitrogens is 1. The number of rotatable bonds is 7. The molecule has 140 valence electrons. The lowest BCUT2D eigenvalue weighted by molar-refractivity contribution is 0.0707. The number of aromatic amines is 1. The van der Waals surface area contributed by atoms with Gasteiger partial charge in [0.2, 0.25) is 0 Å². The zero-order valence-electron chi connectivity index (χ0n) is 15.7. The van der Waals surface area contributed by atoms with Gasteiger partial charge in [-0.2, -0.15) is 0 Å². The quantitative estimate of drug-likeness (QED) is 0.799. The van der Waals surface area contributed by atoms with E-state index in [4.69, 9.17) is 0 Å². The van der Waals surface area contributed by atoms with Crippen molar-refractivity contribution >= 4 is 17.4 Å². The van der Waals surface area contributed by atoms with Crippen LogP contribution >= 0.6 is 0 Å². The average molecular weight is 355 g/mol. The first-order valence-corrected chi connectivity index (χ1v) is 9.62. The Balaban J connectivity index is 1.66. The van der Waals surface area contributed by atoms with E-state index >= 15 is 0 Å². The van der Waals surface area contributed by atoms with E-state index < -0.39 is 0 Å². The summed E-state index contributed by atoms with van der Waals surface area (Å²) in [5.41, 5.74) is 1.77. The summed E-state index contributed by atoms with van der Waals surface area (Å²) in [5, 5.41) is 3.49. The summed E-state index contributed by atoms with van der Waals surface area (Å²) >= 11 is 0. The Kier molecular flexibility index (Phi) is 6.15. The number of anilines is 2. The first kappa shape index (κ1) is 18.3. The van der Waals surface area contributed by atoms with Gasteiger partial charge < -0.3 is 20.1 Å². The Labute approximate surface area is 155 Å². The van der Waals surface area contributed by atoms with Crippen LogP contribution in [0.1, 0.15) is 43.6 Å². The van der Waals surface area contributed by atoms with E-state index in [2.05, 4.69) is 40.1 Å². The van der Waals surface area contributed by atoms with E-state index in [1.807, 2.05) is 29.3 Å². The molecule has 2 N–H and O–H groups in total. The summed E-state index contributed by atoms with van der Waals surface area (Å²) in [4.78, 5) is 24.5. The minimum Gasteiger partial charge on any atom is -0.382 e. The van der Waals surface area contributed by atoms with Gasteiger partial charge in [0.1, 0.15) is 5.69 Å². The molecule has 0 atom stereocenters. The number of nitrogens with one attached hydrogen (secondary N) is 2. The van der Waals surface area contributed by atoms with E-state index in [0.29, 0.717) is 11.7 Å². The molecule has 2 aromatic heterocycles. The molecule has 0 bridgehead atoms. The molecule has 2 aromatic rings. The number of aromatic nitrogens is 2. The largest absolute Gasteiger partial charge is 0.382 e. The summed E-state index contributed by atoms with van der Waals surface area (Å²) in [6, 6.07) is 8.19. The Morgan fingerprint density at radius 2 is 2.12 bits per heavy atom. The molecule has 0 radical (unpaired) electrons. The standard InChI is InChI=1S/C20H29N5O/c1-3-11-21-17-7-5-13-23-19(17)25(4-2)16-9-14-24(15-10-16)20(26)18-8-6-12-22-18/h5-8,12-13,16,21-22H,3-4,9-11,14-15H2,1-2H3. The molecule has 1 fully saturated rings. The smallest absolute Gasteiger partial charge is 0.270 e. The number of piperidine rings is 1. The van der Waals surface area contributed by atoms with Crippen molar-refractivity contribution in [1.82, 2.24) is 14.9 Å². The Bertz CT molecular complexity index is 692. The lowest BCUT2D eigenvalue weighted by atomic mass is 10.0. The molecule has 3 heterocycles. The maximum absolute atomic E-state index is 12.5. The van der Waals surface area contributed by atoms with Crippen LogP contribution in [0.2, 0.25) is 0 Å². The number of carbonyl (C=O) groups excluding carboxylic acids is 1. The monoisotopic (exact) mass is 355 g/mol. The minimum atomic E-state index is 0.0969. The van der Waals surface area contributed by atoms with Gasteiger partial charge in [-0.05, 0) is 50.5 Å². The molecule has 26 heavy (non-hydrogen) atoms. The molecule has 0 unspecified atom stereocenters. The Morgan fingerprint density at radius 1 is 1.31 bits per heavy atom. The van der Waals surface area contributed by atoms with Crippen molar-refractivity contribution in [3.63, 3.8) is 0 Å². The third kappa shape index (κ3) is 4.00. The molecule has 6 heteroatoms. The van der Waals surface area contributed by atoms with Gasteiger partial charge in [-0.25, -0.2) is 4.98 Å². The van der Waals surface area contributed by atoms with Crippen molar-refractivity contribution in [1.29, 1.82) is 0 Å². The second-order valence-electron chi connectivity index (χ2n) is 6.69. The molecule has 6 nitrogen and oxygen atoms in total. The molecule has 1 aliphatic rings. The predicted molar refractivity (Wildman–Crippen MR) is 106 cm³/mol. The number of nitrogens with zero attached hydrogens (tertiary/aromatic N) is 3. The molecule has 0 saturated carbocycles. The van der Waals surface area contributed by atoms with E-state index in [1.54, 1.807) is 6.20 Å². The van der Waals surface area contributed by atoms with Gasteiger partial charge in [0.25, 0.3) is 5.91 Å². The summed E-state index contributed by atoms with van der Waals surface area (Å²) in [5.74, 6) is 1.12. The van der Waals surface area contributed by atoms with E-state index in [-0.39, 0.29) is 5.91 Å². The maximum atomic E-state index is 12.5. The number of carbonyl (C=O) groups is 1. The molecule has 1 aliphatic heterocycles. The van der Waals surface area contributed by atoms with Crippen LogP contribution < -0.4 is 10.2 Å². The minimum absolute atomic E-state index is 0.0969. The van der Waals surface area contributed by atoms with Gasteiger partial charge in [0, 0.05) is 44.6 Å². The molecule has 1 saturated heterocycles. The lowest BCUT2D eigenvalue weighted by Crippen LogP contribution is -2.47. The van der Waals surface area contributed by atoms with Crippen LogP contribution in [-0.4, -0.2) is 53.0 Å². The van der Waals surface area contributed by atoms with Gasteiger partial charge in [-0.15, -0.1) is 0 Å². The van der Waals surface area contributed by atoms with Crippen molar-refractivity contribution in [3.05, 3.63) is 42.4 Å². The van der Waals surface area contributed by atoms with Crippen LogP contribution in [0.15, 0.2) is 36.7 Å². The number of likely N-dealkylation sites (tertiary alicyclic amines) is 1. The molecular formula is C20H29N5O. The first-order valence-electron chi connectivity index (χ1n) is 9.62. The van der Waals surface area contributed by atoms with E-state index in [0.717, 1.165) is 56.9 Å². The van der Waals surface area contributed by atoms with Crippen LogP contribution in [0.4, 0.5) is 11.5 Å². The van der Waals surface area contributed by atoms with E-state index in [9.17, 15) is 4.79 Å². The molecule has 0 aliphatic carbocycles. The topological polar surface area (TPSA) is 64.3 Å². The molecule has 0 spiro atoms. The van der Waals surface area contributed by atoms with Crippen LogP contribution in [0.25, 0.3) is 0 Å². The van der Waals surface area contributed by atoms with E-state index in [1.165, 1.54) is 0 Å². The number of hydrogen-bond acceptors (Lipinski definition) is 4. The highest BCUT2D eigenvalue weighted by atomic mass is 16.2. The molecule has 3 rings (SSSR count). The molecular weight excluding hydrogens is 326 g/mol. The average Bonchev–Trinajstić information content (AvgIpc) is 3.22. The van der Waals surface area contributed by atoms with Crippen LogP contribution in [-0.2, 0) is 0 Å². The van der Waals surface area contributed by atoms with Crippen LogP contribution in [0, 0.1) is 0 Å². The predicted octanol–water partition coefficient (Wildman–Crippen LogP) is 3.36. The summed E-state index contributed by atoms with van der Waals surface area (Å²) < 4.78 is 0. The summed E-state index contributed by atoms with van der Waals surface area (Å²) in [6.45, 7) is 7.76. The highest BCUT2D eigenvalue weighted by Gasteiger charge is 2.28. The van der Waals surface area contributed by atoms with Crippen molar-refractivity contribution in [2.75, 3.05) is 36.4 Å². The van der Waals surface area contributed by atoms with Crippen molar-refractivity contribution in [3.8, 4) is 0 Å². The Morgan fingerprint density at radius 3 is 2.77 bits per heavy atom. The fourth-order valence-corrected chi connectivity index (χ4v) is 3.62. The molecule has 1 amide bonds. The highest BCUT2D eigenvalue weighted by Crippen LogP contribution is 2.28. The number of pyridine rings is 1. The van der Waals surface area contributed by atoms with Gasteiger partial charge in [0.15, 0.2) is 5.82 Å². The third-order valence-electron chi connectivity index (χ3n) is 4.99. The van der Waals surface area contributed by atoms with Gasteiger partial charge >= 0.3 is 0 Å². The second kappa shape index (κ2) is 8.74. The zero-order chi connectivity index (χ0) is 18.4. The Hall–Kier alpha value is -2.50. The summed E-state index contributed by atoms with van der Waals surface area (Å²) in [7, 11) is 0. The fourth-order valence-electron chi connectivity index (χ4n) is 3.62. The first-order chi connectivity index (χ1) is 12.7. The number of amides is 1. The van der Waals surface area contributed by atoms with Gasteiger partial charge in [-0.1, -0.05) is 6.92 Å². The summed E-state index contributed by atoms with van der Waals surface area (Å²) in [6.07, 6.45) is 6.66. The third-order valence-corrected chi connectivity index (χ3v) is 4.99. The maximum Gasteiger partial charge on any atom is 0.270 e. The van der Waals surface area contributed by atoms with Gasteiger partial charge in [0.05, 0.1) is 5.69 Å². The van der Waals surface area contributed by atoms with Crippen LogP contribution in [0.3, 0.4) is 0 Å². The van der Waals surface area contributed by atoms with Crippen molar-refractivity contribution < 1.29 is 4.79 Å². The second-order valence-corrected chi connectivity index (χ2v) is 6.69. The highest BCUT2D eigenvalue weighted by molar-refractivity contribution is 5.92.